The molecule has 0 radical (unpaired) electrons. The second-order valence-electron chi connectivity index (χ2n) is 5.72. The molecule has 2 rings (SSSR count). The standard InChI is InChI=1S/C17H21N3O3/c1-10(2)15(18)17(22)19-12-6-7-13(11(3)9-12)20-16(21)14-5-4-8-23-14/h4-10,15H,18H2,1-3H3,(H,19,22)(H,20,21)/t15-/m0/s1. The van der Waals surface area contributed by atoms with Gasteiger partial charge in [0.25, 0.3) is 5.91 Å². The first-order chi connectivity index (χ1) is 10.9. The molecule has 2 amide bonds. The lowest BCUT2D eigenvalue weighted by Gasteiger charge is -2.16. The number of furan rings is 1. The largest absolute Gasteiger partial charge is 0.459 e. The third kappa shape index (κ3) is 4.20. The zero-order chi connectivity index (χ0) is 17.0. The number of hydrogen-bond donors (Lipinski definition) is 3. The molecule has 0 saturated heterocycles. The monoisotopic (exact) mass is 315 g/mol. The summed E-state index contributed by atoms with van der Waals surface area (Å²) in [4.78, 5) is 23.9. The minimum atomic E-state index is -0.561. The van der Waals surface area contributed by atoms with Gasteiger partial charge in [0.2, 0.25) is 5.91 Å². The molecule has 0 unspecified atom stereocenters. The molecule has 2 aromatic rings. The topological polar surface area (TPSA) is 97.4 Å². The van der Waals surface area contributed by atoms with Gasteiger partial charge in [0.15, 0.2) is 5.76 Å². The molecule has 1 aromatic carbocycles. The fourth-order valence-electron chi connectivity index (χ4n) is 2.00. The number of aryl methyl sites for hydroxylation is 1. The number of anilines is 2. The second kappa shape index (κ2) is 7.11. The van der Waals surface area contributed by atoms with Crippen molar-refractivity contribution < 1.29 is 14.0 Å². The smallest absolute Gasteiger partial charge is 0.291 e. The molecule has 4 N–H and O–H groups in total. The van der Waals surface area contributed by atoms with Crippen LogP contribution in [-0.4, -0.2) is 17.9 Å². The fourth-order valence-corrected chi connectivity index (χ4v) is 2.00. The minimum Gasteiger partial charge on any atom is -0.459 e. The Kier molecular flexibility index (Phi) is 5.18. The van der Waals surface area contributed by atoms with E-state index >= 15 is 0 Å². The Morgan fingerprint density at radius 3 is 2.48 bits per heavy atom. The predicted octanol–water partition coefficient (Wildman–Crippen LogP) is 2.76. The SMILES string of the molecule is Cc1cc(NC(=O)[C@@H](N)C(C)C)ccc1NC(=O)c1ccco1. The molecular weight excluding hydrogens is 294 g/mol. The number of hydrogen-bond acceptors (Lipinski definition) is 4. The van der Waals surface area contributed by atoms with Crippen molar-refractivity contribution in [3.8, 4) is 0 Å². The molecule has 6 heteroatoms. The number of benzene rings is 1. The molecule has 6 nitrogen and oxygen atoms in total. The van der Waals surface area contributed by atoms with Crippen LogP contribution in [0.4, 0.5) is 11.4 Å². The molecular formula is C17H21N3O3. The van der Waals surface area contributed by atoms with E-state index in [9.17, 15) is 9.59 Å². The van der Waals surface area contributed by atoms with Gasteiger partial charge in [0.1, 0.15) is 0 Å². The van der Waals surface area contributed by atoms with Crippen molar-refractivity contribution >= 4 is 23.2 Å². The van der Waals surface area contributed by atoms with Crippen molar-refractivity contribution in [2.24, 2.45) is 11.7 Å². The van der Waals surface area contributed by atoms with E-state index in [4.69, 9.17) is 10.2 Å². The summed E-state index contributed by atoms with van der Waals surface area (Å²) in [5.74, 6) is -0.254. The van der Waals surface area contributed by atoms with Gasteiger partial charge in [-0.25, -0.2) is 0 Å². The van der Waals surface area contributed by atoms with Gasteiger partial charge in [0.05, 0.1) is 12.3 Å². The maximum absolute atomic E-state index is 12.0. The summed E-state index contributed by atoms with van der Waals surface area (Å²) in [6.07, 6.45) is 1.44. The summed E-state index contributed by atoms with van der Waals surface area (Å²) in [7, 11) is 0. The molecule has 1 heterocycles. The average Bonchev–Trinajstić information content (AvgIpc) is 3.03. The number of nitrogens with two attached hydrogens (primary N) is 1. The van der Waals surface area contributed by atoms with E-state index in [1.807, 2.05) is 20.8 Å². The predicted molar refractivity (Wildman–Crippen MR) is 89.3 cm³/mol. The summed E-state index contributed by atoms with van der Waals surface area (Å²) < 4.78 is 5.05. The number of carbonyl (C=O) groups excluding carboxylic acids is 2. The third-order valence-electron chi connectivity index (χ3n) is 3.51. The Morgan fingerprint density at radius 1 is 1.17 bits per heavy atom. The van der Waals surface area contributed by atoms with Crippen LogP contribution in [0.1, 0.15) is 30.0 Å². The maximum Gasteiger partial charge on any atom is 0.291 e. The number of carbonyl (C=O) groups is 2. The van der Waals surface area contributed by atoms with Crippen molar-refractivity contribution in [1.82, 2.24) is 0 Å². The Morgan fingerprint density at radius 2 is 1.91 bits per heavy atom. The first-order valence-electron chi connectivity index (χ1n) is 7.40. The van der Waals surface area contributed by atoms with Crippen LogP contribution in [0, 0.1) is 12.8 Å². The highest BCUT2D eigenvalue weighted by molar-refractivity contribution is 6.03. The van der Waals surface area contributed by atoms with E-state index in [0.717, 1.165) is 5.56 Å². The average molecular weight is 315 g/mol. The van der Waals surface area contributed by atoms with E-state index < -0.39 is 6.04 Å². The summed E-state index contributed by atoms with van der Waals surface area (Å²) in [6, 6.07) is 7.91. The van der Waals surface area contributed by atoms with Crippen LogP contribution in [0.25, 0.3) is 0 Å². The van der Waals surface area contributed by atoms with E-state index in [2.05, 4.69) is 10.6 Å². The Balaban J connectivity index is 2.06. The second-order valence-corrected chi connectivity index (χ2v) is 5.72. The molecule has 1 atom stereocenters. The molecule has 0 fully saturated rings. The Labute approximate surface area is 135 Å². The van der Waals surface area contributed by atoms with Crippen LogP contribution >= 0.6 is 0 Å². The van der Waals surface area contributed by atoms with E-state index in [1.165, 1.54) is 6.26 Å². The number of amides is 2. The first kappa shape index (κ1) is 16.8. The first-order valence-corrected chi connectivity index (χ1v) is 7.40. The van der Waals surface area contributed by atoms with Gasteiger partial charge in [-0.15, -0.1) is 0 Å². The molecule has 1 aromatic heterocycles. The molecule has 0 aliphatic carbocycles. The van der Waals surface area contributed by atoms with Crippen LogP contribution in [0.3, 0.4) is 0 Å². The summed E-state index contributed by atoms with van der Waals surface area (Å²) in [6.45, 7) is 5.63. The van der Waals surface area contributed by atoms with Gasteiger partial charge >= 0.3 is 0 Å². The normalized spacial score (nSPS) is 12.0. The van der Waals surface area contributed by atoms with Crippen molar-refractivity contribution in [2.75, 3.05) is 10.6 Å². The van der Waals surface area contributed by atoms with Crippen molar-refractivity contribution in [3.63, 3.8) is 0 Å². The highest BCUT2D eigenvalue weighted by atomic mass is 16.3. The van der Waals surface area contributed by atoms with Gasteiger partial charge in [-0.3, -0.25) is 9.59 Å². The van der Waals surface area contributed by atoms with Crippen LogP contribution in [0.15, 0.2) is 41.0 Å². The van der Waals surface area contributed by atoms with Crippen LogP contribution in [-0.2, 0) is 4.79 Å². The van der Waals surface area contributed by atoms with Crippen LogP contribution in [0.5, 0.6) is 0 Å². The molecule has 0 bridgehead atoms. The van der Waals surface area contributed by atoms with Crippen LogP contribution < -0.4 is 16.4 Å². The summed E-state index contributed by atoms with van der Waals surface area (Å²) in [5.41, 5.74) is 7.93. The fraction of sp³-hybridized carbons (Fsp3) is 0.294. The van der Waals surface area contributed by atoms with Gasteiger partial charge < -0.3 is 20.8 Å². The van der Waals surface area contributed by atoms with Crippen molar-refractivity contribution in [2.45, 2.75) is 26.8 Å². The Hall–Kier alpha value is -2.60. The van der Waals surface area contributed by atoms with Crippen molar-refractivity contribution in [3.05, 3.63) is 47.9 Å². The van der Waals surface area contributed by atoms with Crippen LogP contribution in [0.2, 0.25) is 0 Å². The van der Waals surface area contributed by atoms with Crippen molar-refractivity contribution in [1.29, 1.82) is 0 Å². The number of rotatable bonds is 5. The summed E-state index contributed by atoms with van der Waals surface area (Å²) >= 11 is 0. The molecule has 0 spiro atoms. The van der Waals surface area contributed by atoms with E-state index in [0.29, 0.717) is 11.4 Å². The highest BCUT2D eigenvalue weighted by Crippen LogP contribution is 2.21. The van der Waals surface area contributed by atoms with Gasteiger partial charge in [-0.2, -0.15) is 0 Å². The molecule has 122 valence electrons. The third-order valence-corrected chi connectivity index (χ3v) is 3.51. The summed E-state index contributed by atoms with van der Waals surface area (Å²) in [5, 5.41) is 5.54. The van der Waals surface area contributed by atoms with E-state index in [1.54, 1.807) is 30.3 Å². The zero-order valence-electron chi connectivity index (χ0n) is 13.4. The molecule has 0 aliphatic heterocycles. The molecule has 0 aliphatic rings. The lowest BCUT2D eigenvalue weighted by Crippen LogP contribution is -2.39. The van der Waals surface area contributed by atoms with Gasteiger partial charge in [-0.05, 0) is 48.7 Å². The highest BCUT2D eigenvalue weighted by Gasteiger charge is 2.17. The van der Waals surface area contributed by atoms with Gasteiger partial charge in [-0.1, -0.05) is 13.8 Å². The lowest BCUT2D eigenvalue weighted by atomic mass is 10.0. The Bertz CT molecular complexity index is 693. The van der Waals surface area contributed by atoms with Gasteiger partial charge in [0, 0.05) is 11.4 Å². The lowest BCUT2D eigenvalue weighted by molar-refractivity contribution is -0.118. The molecule has 0 saturated carbocycles. The zero-order valence-corrected chi connectivity index (χ0v) is 13.4. The quantitative estimate of drug-likeness (QED) is 0.790. The molecule has 23 heavy (non-hydrogen) atoms. The van der Waals surface area contributed by atoms with E-state index in [-0.39, 0.29) is 23.5 Å². The minimum absolute atomic E-state index is 0.0583. The number of nitrogens with one attached hydrogen (secondary N) is 2. The maximum atomic E-state index is 12.0.